The number of hydrogen-bond donors (Lipinski definition) is 1. The Hall–Kier alpha value is -1.18. The highest BCUT2D eigenvalue weighted by Gasteiger charge is 2.35. The van der Waals surface area contributed by atoms with Crippen LogP contribution in [0.15, 0.2) is 45.9 Å². The Morgan fingerprint density at radius 2 is 1.95 bits per heavy atom. The van der Waals surface area contributed by atoms with Gasteiger partial charge in [0.15, 0.2) is 0 Å². The molecule has 0 unspecified atom stereocenters. The molecule has 0 saturated heterocycles. The van der Waals surface area contributed by atoms with Crippen LogP contribution in [0.25, 0.3) is 0 Å². The Labute approximate surface area is 138 Å². The molecule has 2 atom stereocenters. The first kappa shape index (κ1) is 15.7. The maximum absolute atomic E-state index is 12.6. The van der Waals surface area contributed by atoms with Gasteiger partial charge >= 0.3 is 0 Å². The quantitative estimate of drug-likeness (QED) is 0.880. The first-order valence-electron chi connectivity index (χ1n) is 7.20. The van der Waals surface area contributed by atoms with Crippen molar-refractivity contribution < 1.29 is 8.42 Å². The van der Waals surface area contributed by atoms with E-state index in [0.29, 0.717) is 5.92 Å². The molecule has 7 heteroatoms. The molecule has 0 saturated carbocycles. The molecule has 2 aromatic rings. The van der Waals surface area contributed by atoms with Gasteiger partial charge in [-0.25, -0.2) is 13.1 Å². The average molecular weight is 384 g/mol. The van der Waals surface area contributed by atoms with Crippen molar-refractivity contribution in [3.63, 3.8) is 0 Å². The number of nitrogens with zero attached hydrogens (tertiary/aromatic N) is 2. The highest BCUT2D eigenvalue weighted by Crippen LogP contribution is 2.38. The highest BCUT2D eigenvalue weighted by molar-refractivity contribution is 9.10. The molecule has 3 rings (SSSR count). The summed E-state index contributed by atoms with van der Waals surface area (Å²) in [6.07, 6.45) is 2.46. The van der Waals surface area contributed by atoms with Gasteiger partial charge in [-0.15, -0.1) is 0 Å². The smallest absolute Gasteiger partial charge is 0.241 e. The fourth-order valence-electron chi connectivity index (χ4n) is 2.87. The van der Waals surface area contributed by atoms with E-state index in [2.05, 4.69) is 39.6 Å². The standard InChI is InChI=1S/C15H18BrN3O2S/c1-10(2)15-9-13(14-7-8-17-19(14)15)18-22(20,21)12-5-3-11(16)4-6-12/h3-8,10,13,15,18H,9H2,1-2H3/t13-,15-/m0/s1. The number of hydrogen-bond acceptors (Lipinski definition) is 3. The van der Waals surface area contributed by atoms with Crippen LogP contribution in [-0.4, -0.2) is 18.2 Å². The molecule has 0 amide bonds. The van der Waals surface area contributed by atoms with E-state index >= 15 is 0 Å². The molecular weight excluding hydrogens is 366 g/mol. The van der Waals surface area contributed by atoms with Gasteiger partial charge in [-0.2, -0.15) is 5.10 Å². The van der Waals surface area contributed by atoms with Crippen LogP contribution in [0, 0.1) is 5.92 Å². The highest BCUT2D eigenvalue weighted by atomic mass is 79.9. The van der Waals surface area contributed by atoms with Crippen LogP contribution in [0.1, 0.15) is 38.0 Å². The van der Waals surface area contributed by atoms with E-state index in [0.717, 1.165) is 16.6 Å². The summed E-state index contributed by atoms with van der Waals surface area (Å²) in [5.41, 5.74) is 0.930. The largest absolute Gasteiger partial charge is 0.265 e. The fraction of sp³-hybridized carbons (Fsp3) is 0.400. The second-order valence-electron chi connectivity index (χ2n) is 5.88. The van der Waals surface area contributed by atoms with E-state index in [1.54, 1.807) is 30.5 Å². The molecule has 0 bridgehead atoms. The Bertz CT molecular complexity index is 768. The third kappa shape index (κ3) is 2.85. The second kappa shape index (κ2) is 5.79. The number of nitrogens with one attached hydrogen (secondary N) is 1. The number of fused-ring (bicyclic) bond motifs is 1. The van der Waals surface area contributed by atoms with E-state index in [1.165, 1.54) is 0 Å². The monoisotopic (exact) mass is 383 g/mol. The van der Waals surface area contributed by atoms with E-state index in [-0.39, 0.29) is 17.0 Å². The minimum atomic E-state index is -3.54. The van der Waals surface area contributed by atoms with Gasteiger partial charge in [-0.3, -0.25) is 4.68 Å². The molecule has 0 spiro atoms. The summed E-state index contributed by atoms with van der Waals surface area (Å²) in [5.74, 6) is 0.404. The molecule has 1 aliphatic heterocycles. The Morgan fingerprint density at radius 1 is 1.27 bits per heavy atom. The lowest BCUT2D eigenvalue weighted by Crippen LogP contribution is -2.27. The zero-order valence-electron chi connectivity index (χ0n) is 12.4. The minimum Gasteiger partial charge on any atom is -0.265 e. The summed E-state index contributed by atoms with van der Waals surface area (Å²) in [6, 6.07) is 8.52. The van der Waals surface area contributed by atoms with Crippen LogP contribution in [0.2, 0.25) is 0 Å². The van der Waals surface area contributed by atoms with E-state index in [1.807, 2.05) is 10.7 Å². The van der Waals surface area contributed by atoms with Gasteiger partial charge in [0.05, 0.1) is 22.7 Å². The van der Waals surface area contributed by atoms with E-state index in [9.17, 15) is 8.42 Å². The van der Waals surface area contributed by atoms with Crippen molar-refractivity contribution in [3.05, 3.63) is 46.7 Å². The molecule has 0 radical (unpaired) electrons. The van der Waals surface area contributed by atoms with Gasteiger partial charge in [-0.1, -0.05) is 29.8 Å². The predicted molar refractivity (Wildman–Crippen MR) is 87.9 cm³/mol. The predicted octanol–water partition coefficient (Wildman–Crippen LogP) is 3.27. The van der Waals surface area contributed by atoms with Crippen LogP contribution < -0.4 is 4.72 Å². The average Bonchev–Trinajstić information content (AvgIpc) is 3.02. The maximum atomic E-state index is 12.6. The lowest BCUT2D eigenvalue weighted by atomic mass is 10.0. The minimum absolute atomic E-state index is 0.225. The van der Waals surface area contributed by atoms with Crippen LogP contribution in [0.4, 0.5) is 0 Å². The molecule has 1 aromatic heterocycles. The number of sulfonamides is 1. The van der Waals surface area contributed by atoms with Gasteiger partial charge in [0.1, 0.15) is 0 Å². The van der Waals surface area contributed by atoms with Crippen molar-refractivity contribution in [2.24, 2.45) is 5.92 Å². The molecule has 1 N–H and O–H groups in total. The number of aromatic nitrogens is 2. The van der Waals surface area contributed by atoms with E-state index in [4.69, 9.17) is 0 Å². The lowest BCUT2D eigenvalue weighted by molar-refractivity contribution is 0.352. The molecule has 0 fully saturated rings. The molecular formula is C15H18BrN3O2S. The number of halogens is 1. The number of benzene rings is 1. The van der Waals surface area contributed by atoms with Gasteiger partial charge in [0, 0.05) is 10.7 Å². The third-order valence-electron chi connectivity index (χ3n) is 4.04. The Morgan fingerprint density at radius 3 is 2.59 bits per heavy atom. The lowest BCUT2D eigenvalue weighted by Gasteiger charge is -2.16. The van der Waals surface area contributed by atoms with Gasteiger partial charge in [0.25, 0.3) is 0 Å². The molecule has 22 heavy (non-hydrogen) atoms. The van der Waals surface area contributed by atoms with Crippen LogP contribution >= 0.6 is 15.9 Å². The summed E-state index contributed by atoms with van der Waals surface area (Å²) in [7, 11) is -3.54. The van der Waals surface area contributed by atoms with Gasteiger partial charge < -0.3 is 0 Å². The number of rotatable bonds is 4. The first-order valence-corrected chi connectivity index (χ1v) is 9.47. The summed E-state index contributed by atoms with van der Waals surface area (Å²) in [5, 5.41) is 4.34. The van der Waals surface area contributed by atoms with Crippen molar-refractivity contribution in [1.82, 2.24) is 14.5 Å². The summed E-state index contributed by atoms with van der Waals surface area (Å²) in [4.78, 5) is 0.273. The van der Waals surface area contributed by atoms with Gasteiger partial charge in [0.2, 0.25) is 10.0 Å². The van der Waals surface area contributed by atoms with Crippen LogP contribution in [-0.2, 0) is 10.0 Å². The molecule has 118 valence electrons. The third-order valence-corrected chi connectivity index (χ3v) is 6.06. The van der Waals surface area contributed by atoms with Crippen LogP contribution in [0.3, 0.4) is 0 Å². The van der Waals surface area contributed by atoms with Gasteiger partial charge in [-0.05, 0) is 42.7 Å². The zero-order valence-corrected chi connectivity index (χ0v) is 14.8. The summed E-state index contributed by atoms with van der Waals surface area (Å²) < 4.78 is 30.7. The summed E-state index contributed by atoms with van der Waals surface area (Å²) >= 11 is 3.31. The second-order valence-corrected chi connectivity index (χ2v) is 8.51. The summed E-state index contributed by atoms with van der Waals surface area (Å²) in [6.45, 7) is 4.25. The maximum Gasteiger partial charge on any atom is 0.241 e. The zero-order chi connectivity index (χ0) is 15.9. The topological polar surface area (TPSA) is 64.0 Å². The molecule has 0 aliphatic carbocycles. The molecule has 2 heterocycles. The van der Waals surface area contributed by atoms with Crippen molar-refractivity contribution in [3.8, 4) is 0 Å². The van der Waals surface area contributed by atoms with Crippen molar-refractivity contribution in [2.75, 3.05) is 0 Å². The Kier molecular flexibility index (Phi) is 4.13. The van der Waals surface area contributed by atoms with Crippen molar-refractivity contribution in [1.29, 1.82) is 0 Å². The molecule has 1 aromatic carbocycles. The van der Waals surface area contributed by atoms with E-state index < -0.39 is 10.0 Å². The Balaban J connectivity index is 1.86. The van der Waals surface area contributed by atoms with Crippen LogP contribution in [0.5, 0.6) is 0 Å². The normalized spacial score (nSPS) is 21.3. The molecule has 1 aliphatic rings. The molecule has 5 nitrogen and oxygen atoms in total. The SMILES string of the molecule is CC(C)[C@@H]1C[C@H](NS(=O)(=O)c2ccc(Br)cc2)c2ccnn21. The fourth-order valence-corrected chi connectivity index (χ4v) is 4.36. The van der Waals surface area contributed by atoms with Crippen molar-refractivity contribution in [2.45, 2.75) is 37.2 Å². The van der Waals surface area contributed by atoms with Crippen molar-refractivity contribution >= 4 is 26.0 Å². The first-order chi connectivity index (χ1) is 10.4.